The second-order valence-corrected chi connectivity index (χ2v) is 5.89. The molecule has 0 atom stereocenters. The van der Waals surface area contributed by atoms with E-state index in [2.05, 4.69) is 31.1 Å². The second kappa shape index (κ2) is 9.74. The highest BCUT2D eigenvalue weighted by Gasteiger charge is 2.08. The first kappa shape index (κ1) is 17.9. The number of pyridine rings is 1. The van der Waals surface area contributed by atoms with Crippen molar-refractivity contribution in [1.29, 1.82) is 0 Å². The number of carbonyl (C=O) groups is 1. The number of amides is 1. The summed E-state index contributed by atoms with van der Waals surface area (Å²) in [7, 11) is 0. The number of aryl methyl sites for hydroxylation is 1. The van der Waals surface area contributed by atoms with Crippen LogP contribution in [-0.2, 0) is 11.2 Å². The Hall–Kier alpha value is -1.13. The monoisotopic (exact) mass is 312 g/mol. The molecule has 118 valence electrons. The Morgan fingerprint density at radius 2 is 2.19 bits per heavy atom. The quantitative estimate of drug-likeness (QED) is 0.561. The van der Waals surface area contributed by atoms with Crippen LogP contribution in [0.4, 0.5) is 0 Å². The van der Waals surface area contributed by atoms with E-state index in [-0.39, 0.29) is 5.91 Å². The summed E-state index contributed by atoms with van der Waals surface area (Å²) in [6, 6.07) is 3.41. The first-order valence-corrected chi connectivity index (χ1v) is 7.93. The maximum absolute atomic E-state index is 12.1. The number of ether oxygens (including phenoxy) is 1. The first-order chi connectivity index (χ1) is 10.0. The van der Waals surface area contributed by atoms with Crippen LogP contribution in [0.5, 0.6) is 0 Å². The molecule has 0 aliphatic rings. The van der Waals surface area contributed by atoms with Crippen molar-refractivity contribution in [3.8, 4) is 0 Å². The summed E-state index contributed by atoms with van der Waals surface area (Å²) in [5, 5.41) is 3.25. The Bertz CT molecular complexity index is 450. The highest BCUT2D eigenvalue weighted by Crippen LogP contribution is 2.12. The van der Waals surface area contributed by atoms with Crippen LogP contribution >= 0.6 is 11.6 Å². The molecule has 0 saturated carbocycles. The summed E-state index contributed by atoms with van der Waals surface area (Å²) in [5.74, 6) is 0.427. The third-order valence-electron chi connectivity index (χ3n) is 2.82. The molecule has 1 amide bonds. The molecule has 0 saturated heterocycles. The smallest absolute Gasteiger partial charge is 0.251 e. The summed E-state index contributed by atoms with van der Waals surface area (Å²) < 4.78 is 5.47. The van der Waals surface area contributed by atoms with E-state index in [0.29, 0.717) is 29.8 Å². The van der Waals surface area contributed by atoms with Gasteiger partial charge in [0.05, 0.1) is 0 Å². The zero-order valence-electron chi connectivity index (χ0n) is 13.1. The highest BCUT2D eigenvalue weighted by atomic mass is 35.5. The molecule has 1 heterocycles. The number of nitrogens with one attached hydrogen (secondary N) is 1. The molecule has 0 aliphatic carbocycles. The van der Waals surface area contributed by atoms with E-state index in [1.807, 2.05) is 0 Å². The van der Waals surface area contributed by atoms with Gasteiger partial charge in [-0.25, -0.2) is 4.98 Å². The van der Waals surface area contributed by atoms with E-state index in [4.69, 9.17) is 16.3 Å². The van der Waals surface area contributed by atoms with E-state index in [1.54, 1.807) is 12.1 Å². The van der Waals surface area contributed by atoms with Crippen molar-refractivity contribution in [2.45, 2.75) is 40.0 Å². The van der Waals surface area contributed by atoms with Crippen LogP contribution in [0.3, 0.4) is 0 Å². The number of aromatic nitrogens is 1. The van der Waals surface area contributed by atoms with Crippen LogP contribution in [0.1, 0.15) is 49.7 Å². The molecular formula is C16H25ClN2O2. The standard InChI is InChI=1S/C16H25ClN2O2/c1-4-6-14-9-13(10-15(17)19-14)16(20)18-7-5-8-21-11-12(2)3/h9-10,12H,4-8,11H2,1-3H3,(H,18,20). The Balaban J connectivity index is 2.38. The van der Waals surface area contributed by atoms with Crippen LogP contribution in [0.25, 0.3) is 0 Å². The number of halogens is 1. The molecule has 0 spiro atoms. The molecule has 5 heteroatoms. The van der Waals surface area contributed by atoms with Gasteiger partial charge >= 0.3 is 0 Å². The van der Waals surface area contributed by atoms with Gasteiger partial charge in [-0.1, -0.05) is 38.8 Å². The number of carbonyl (C=O) groups excluding carboxylic acids is 1. The first-order valence-electron chi connectivity index (χ1n) is 7.55. The van der Waals surface area contributed by atoms with Crippen LogP contribution in [0.15, 0.2) is 12.1 Å². The van der Waals surface area contributed by atoms with Crippen LogP contribution in [-0.4, -0.2) is 30.6 Å². The third-order valence-corrected chi connectivity index (χ3v) is 3.01. The Labute approximate surface area is 132 Å². The van der Waals surface area contributed by atoms with Gasteiger partial charge in [0.15, 0.2) is 0 Å². The summed E-state index contributed by atoms with van der Waals surface area (Å²) >= 11 is 5.95. The number of hydrogen-bond acceptors (Lipinski definition) is 3. The summed E-state index contributed by atoms with van der Waals surface area (Å²) in [6.45, 7) is 8.32. The molecule has 21 heavy (non-hydrogen) atoms. The van der Waals surface area contributed by atoms with Gasteiger partial charge < -0.3 is 10.1 Å². The van der Waals surface area contributed by atoms with Gasteiger partial charge in [-0.15, -0.1) is 0 Å². The van der Waals surface area contributed by atoms with Gasteiger partial charge in [-0.3, -0.25) is 4.79 Å². The Morgan fingerprint density at radius 3 is 2.86 bits per heavy atom. The molecule has 1 N–H and O–H groups in total. The second-order valence-electron chi connectivity index (χ2n) is 5.50. The lowest BCUT2D eigenvalue weighted by molar-refractivity contribution is 0.0924. The number of nitrogens with zero attached hydrogens (tertiary/aromatic N) is 1. The average Bonchev–Trinajstić information content (AvgIpc) is 2.41. The molecule has 0 aliphatic heterocycles. The van der Waals surface area contributed by atoms with Gasteiger partial charge in [-0.2, -0.15) is 0 Å². The lowest BCUT2D eigenvalue weighted by atomic mass is 10.1. The Kier molecular flexibility index (Phi) is 8.31. The molecule has 1 rings (SSSR count). The predicted octanol–water partition coefficient (Wildman–Crippen LogP) is 3.48. The topological polar surface area (TPSA) is 51.2 Å². The summed E-state index contributed by atoms with van der Waals surface area (Å²) in [5.41, 5.74) is 1.43. The summed E-state index contributed by atoms with van der Waals surface area (Å²) in [6.07, 6.45) is 2.60. The third kappa shape index (κ3) is 7.44. The number of rotatable bonds is 9. The van der Waals surface area contributed by atoms with Crippen molar-refractivity contribution in [2.75, 3.05) is 19.8 Å². The maximum atomic E-state index is 12.1. The molecular weight excluding hydrogens is 288 g/mol. The fraction of sp³-hybridized carbons (Fsp3) is 0.625. The molecule has 1 aromatic rings. The van der Waals surface area contributed by atoms with Gasteiger partial charge in [0.25, 0.3) is 5.91 Å². The van der Waals surface area contributed by atoms with Crippen molar-refractivity contribution < 1.29 is 9.53 Å². The van der Waals surface area contributed by atoms with E-state index >= 15 is 0 Å². The van der Waals surface area contributed by atoms with Crippen molar-refractivity contribution in [3.63, 3.8) is 0 Å². The fourth-order valence-corrected chi connectivity index (χ4v) is 2.09. The predicted molar refractivity (Wildman–Crippen MR) is 85.8 cm³/mol. The molecule has 0 unspecified atom stereocenters. The van der Waals surface area contributed by atoms with Crippen LogP contribution in [0, 0.1) is 5.92 Å². The van der Waals surface area contributed by atoms with Crippen molar-refractivity contribution in [3.05, 3.63) is 28.5 Å². The molecule has 4 nitrogen and oxygen atoms in total. The van der Waals surface area contributed by atoms with Gasteiger partial charge in [0.1, 0.15) is 5.15 Å². The van der Waals surface area contributed by atoms with E-state index in [0.717, 1.165) is 31.6 Å². The van der Waals surface area contributed by atoms with E-state index in [9.17, 15) is 4.79 Å². The fourth-order valence-electron chi connectivity index (χ4n) is 1.86. The lowest BCUT2D eigenvalue weighted by Gasteiger charge is -2.09. The lowest BCUT2D eigenvalue weighted by Crippen LogP contribution is -2.25. The zero-order chi connectivity index (χ0) is 15.7. The van der Waals surface area contributed by atoms with Crippen molar-refractivity contribution in [2.24, 2.45) is 5.92 Å². The largest absolute Gasteiger partial charge is 0.381 e. The molecule has 0 fully saturated rings. The minimum Gasteiger partial charge on any atom is -0.381 e. The van der Waals surface area contributed by atoms with Crippen molar-refractivity contribution >= 4 is 17.5 Å². The zero-order valence-corrected chi connectivity index (χ0v) is 13.9. The summed E-state index contributed by atoms with van der Waals surface area (Å²) in [4.78, 5) is 16.3. The van der Waals surface area contributed by atoms with E-state index < -0.39 is 0 Å². The SMILES string of the molecule is CCCc1cc(C(=O)NCCCOCC(C)C)cc(Cl)n1. The molecule has 0 bridgehead atoms. The van der Waals surface area contributed by atoms with Gasteiger partial charge in [0, 0.05) is 31.0 Å². The normalized spacial score (nSPS) is 10.9. The molecule has 0 aromatic carbocycles. The molecule has 0 radical (unpaired) electrons. The van der Waals surface area contributed by atoms with E-state index in [1.165, 1.54) is 0 Å². The van der Waals surface area contributed by atoms with Crippen LogP contribution in [0.2, 0.25) is 5.15 Å². The highest BCUT2D eigenvalue weighted by molar-refractivity contribution is 6.29. The van der Waals surface area contributed by atoms with Crippen LogP contribution < -0.4 is 5.32 Å². The average molecular weight is 313 g/mol. The maximum Gasteiger partial charge on any atom is 0.251 e. The minimum absolute atomic E-state index is 0.111. The van der Waals surface area contributed by atoms with Gasteiger partial charge in [0.2, 0.25) is 0 Å². The van der Waals surface area contributed by atoms with Crippen molar-refractivity contribution in [1.82, 2.24) is 10.3 Å². The molecule has 1 aromatic heterocycles. The number of hydrogen-bond donors (Lipinski definition) is 1. The van der Waals surface area contributed by atoms with Gasteiger partial charge in [-0.05, 0) is 30.9 Å². The minimum atomic E-state index is -0.111. The Morgan fingerprint density at radius 1 is 1.43 bits per heavy atom.